The lowest BCUT2D eigenvalue weighted by atomic mass is 9.81. The van der Waals surface area contributed by atoms with Gasteiger partial charge in [0.05, 0.1) is 0 Å². The second kappa shape index (κ2) is 3.24. The van der Waals surface area contributed by atoms with Crippen molar-refractivity contribution in [3.8, 4) is 5.75 Å². The van der Waals surface area contributed by atoms with E-state index in [0.29, 0.717) is 5.56 Å². The summed E-state index contributed by atoms with van der Waals surface area (Å²) in [6, 6.07) is 6.01. The van der Waals surface area contributed by atoms with Crippen LogP contribution in [-0.2, 0) is 5.67 Å². The minimum atomic E-state index is -1.61. The highest BCUT2D eigenvalue weighted by atomic mass is 19.1. The predicted octanol–water partition coefficient (Wildman–Crippen LogP) is 2.31. The van der Waals surface area contributed by atoms with Gasteiger partial charge >= 0.3 is 0 Å². The summed E-state index contributed by atoms with van der Waals surface area (Å²) in [4.78, 5) is 0. The van der Waals surface area contributed by atoms with Gasteiger partial charge < -0.3 is 10.8 Å². The topological polar surface area (TPSA) is 46.2 Å². The third-order valence-electron chi connectivity index (χ3n) is 2.62. The lowest BCUT2D eigenvalue weighted by Gasteiger charge is -2.34. The van der Waals surface area contributed by atoms with Gasteiger partial charge in [-0.2, -0.15) is 0 Å². The molecule has 0 amide bonds. The summed E-state index contributed by atoms with van der Waals surface area (Å²) in [5.74, 6) is 0.124. The van der Waals surface area contributed by atoms with Crippen LogP contribution in [0.3, 0.4) is 0 Å². The van der Waals surface area contributed by atoms with Gasteiger partial charge in [0.25, 0.3) is 0 Å². The molecule has 1 aromatic carbocycles. The van der Waals surface area contributed by atoms with Crippen LogP contribution >= 0.6 is 0 Å². The molecule has 14 heavy (non-hydrogen) atoms. The molecular formula is C11H16FNO. The summed E-state index contributed by atoms with van der Waals surface area (Å²) >= 11 is 0. The summed E-state index contributed by atoms with van der Waals surface area (Å²) in [5.41, 5.74) is 3.66. The molecule has 0 aliphatic heterocycles. The number of rotatable bonds is 2. The minimum Gasteiger partial charge on any atom is -0.508 e. The van der Waals surface area contributed by atoms with E-state index >= 15 is 0 Å². The molecule has 0 aliphatic carbocycles. The molecule has 0 aromatic heterocycles. The molecule has 1 rings (SSSR count). The van der Waals surface area contributed by atoms with E-state index in [4.69, 9.17) is 10.8 Å². The minimum absolute atomic E-state index is 0.124. The van der Waals surface area contributed by atoms with E-state index in [9.17, 15) is 4.39 Å². The molecule has 2 nitrogen and oxygen atoms in total. The van der Waals surface area contributed by atoms with Crippen molar-refractivity contribution < 1.29 is 9.50 Å². The number of alkyl halides is 1. The van der Waals surface area contributed by atoms with Crippen LogP contribution in [0, 0.1) is 0 Å². The van der Waals surface area contributed by atoms with E-state index in [0.717, 1.165) is 0 Å². The molecule has 3 heteroatoms. The molecule has 0 saturated carbocycles. The first-order chi connectivity index (χ1) is 6.25. The van der Waals surface area contributed by atoms with Crippen molar-refractivity contribution in [3.63, 3.8) is 0 Å². The molecule has 1 atom stereocenters. The number of phenolic OH excluding ortho intramolecular Hbond substituents is 1. The first-order valence-electron chi connectivity index (χ1n) is 4.52. The van der Waals surface area contributed by atoms with Crippen LogP contribution in [0.4, 0.5) is 4.39 Å². The van der Waals surface area contributed by atoms with E-state index in [1.165, 1.54) is 19.1 Å². The Kier molecular flexibility index (Phi) is 2.54. The SMILES string of the molecule is CC(C)(N)C(C)(F)c1ccc(O)cc1. The van der Waals surface area contributed by atoms with Crippen LogP contribution in [0.25, 0.3) is 0 Å². The number of hydrogen-bond donors (Lipinski definition) is 2. The standard InChI is InChI=1S/C11H16FNO/c1-10(2,13)11(3,12)8-4-6-9(14)7-5-8/h4-7,14H,13H2,1-3H3. The predicted molar refractivity (Wildman–Crippen MR) is 54.8 cm³/mol. The van der Waals surface area contributed by atoms with Crippen molar-refractivity contribution in [1.29, 1.82) is 0 Å². The Morgan fingerprint density at radius 3 is 1.93 bits per heavy atom. The lowest BCUT2D eigenvalue weighted by Crippen LogP contribution is -2.49. The third-order valence-corrected chi connectivity index (χ3v) is 2.62. The van der Waals surface area contributed by atoms with Crippen LogP contribution in [0.15, 0.2) is 24.3 Å². The Labute approximate surface area is 83.6 Å². The quantitative estimate of drug-likeness (QED) is 0.764. The first kappa shape index (κ1) is 11.0. The van der Waals surface area contributed by atoms with E-state index in [1.54, 1.807) is 26.0 Å². The summed E-state index contributed by atoms with van der Waals surface area (Å²) < 4.78 is 14.3. The summed E-state index contributed by atoms with van der Waals surface area (Å²) in [5, 5.41) is 9.07. The van der Waals surface area contributed by atoms with Crippen molar-refractivity contribution in [3.05, 3.63) is 29.8 Å². The molecule has 78 valence electrons. The fourth-order valence-electron chi connectivity index (χ4n) is 1.15. The zero-order valence-electron chi connectivity index (χ0n) is 8.71. The fraction of sp³-hybridized carbons (Fsp3) is 0.455. The van der Waals surface area contributed by atoms with Gasteiger partial charge in [-0.1, -0.05) is 12.1 Å². The van der Waals surface area contributed by atoms with Gasteiger partial charge in [-0.3, -0.25) is 0 Å². The van der Waals surface area contributed by atoms with Crippen LogP contribution < -0.4 is 5.73 Å². The highest BCUT2D eigenvalue weighted by molar-refractivity contribution is 5.31. The smallest absolute Gasteiger partial charge is 0.150 e. The average Bonchev–Trinajstić information content (AvgIpc) is 2.03. The molecule has 0 spiro atoms. The van der Waals surface area contributed by atoms with Crippen molar-refractivity contribution in [1.82, 2.24) is 0 Å². The summed E-state index contributed by atoms with van der Waals surface area (Å²) in [7, 11) is 0. The maximum absolute atomic E-state index is 14.3. The van der Waals surface area contributed by atoms with E-state index in [1.807, 2.05) is 0 Å². The molecule has 0 bridgehead atoms. The largest absolute Gasteiger partial charge is 0.508 e. The molecule has 0 heterocycles. The van der Waals surface area contributed by atoms with Gasteiger partial charge in [-0.05, 0) is 38.5 Å². The zero-order chi connectivity index (χ0) is 11.0. The van der Waals surface area contributed by atoms with E-state index in [-0.39, 0.29) is 5.75 Å². The van der Waals surface area contributed by atoms with Crippen LogP contribution in [0.5, 0.6) is 5.75 Å². The van der Waals surface area contributed by atoms with E-state index in [2.05, 4.69) is 0 Å². The highest BCUT2D eigenvalue weighted by Gasteiger charge is 2.39. The zero-order valence-corrected chi connectivity index (χ0v) is 8.71. The van der Waals surface area contributed by atoms with Gasteiger partial charge in [0.2, 0.25) is 0 Å². The molecule has 0 aliphatic rings. The highest BCUT2D eigenvalue weighted by Crippen LogP contribution is 2.35. The summed E-state index contributed by atoms with van der Waals surface area (Å²) in [6.45, 7) is 4.72. The Morgan fingerprint density at radius 1 is 1.14 bits per heavy atom. The lowest BCUT2D eigenvalue weighted by molar-refractivity contribution is 0.0955. The fourth-order valence-corrected chi connectivity index (χ4v) is 1.15. The Hall–Kier alpha value is -1.09. The molecule has 0 fully saturated rings. The maximum atomic E-state index is 14.3. The second-order valence-corrected chi connectivity index (χ2v) is 4.27. The number of benzene rings is 1. The molecule has 0 radical (unpaired) electrons. The number of phenols is 1. The van der Waals surface area contributed by atoms with Crippen LogP contribution in [0.2, 0.25) is 0 Å². The van der Waals surface area contributed by atoms with Crippen molar-refractivity contribution in [2.24, 2.45) is 5.73 Å². The number of nitrogens with two attached hydrogens (primary N) is 1. The molecule has 1 unspecified atom stereocenters. The Morgan fingerprint density at radius 2 is 1.57 bits per heavy atom. The van der Waals surface area contributed by atoms with Gasteiger partial charge in [0.15, 0.2) is 0 Å². The summed E-state index contributed by atoms with van der Waals surface area (Å²) in [6.07, 6.45) is 0. The van der Waals surface area contributed by atoms with Crippen molar-refractivity contribution >= 4 is 0 Å². The van der Waals surface area contributed by atoms with Gasteiger partial charge in [-0.15, -0.1) is 0 Å². The van der Waals surface area contributed by atoms with Gasteiger partial charge in [0.1, 0.15) is 11.4 Å². The molecule has 1 aromatic rings. The average molecular weight is 197 g/mol. The molecular weight excluding hydrogens is 181 g/mol. The Balaban J connectivity index is 3.10. The first-order valence-corrected chi connectivity index (χ1v) is 4.52. The monoisotopic (exact) mass is 197 g/mol. The van der Waals surface area contributed by atoms with E-state index < -0.39 is 11.2 Å². The molecule has 0 saturated heterocycles. The molecule has 3 N–H and O–H groups in total. The number of aromatic hydroxyl groups is 1. The van der Waals surface area contributed by atoms with Crippen LogP contribution in [0.1, 0.15) is 26.3 Å². The van der Waals surface area contributed by atoms with Crippen molar-refractivity contribution in [2.75, 3.05) is 0 Å². The third kappa shape index (κ3) is 1.87. The van der Waals surface area contributed by atoms with Crippen LogP contribution in [-0.4, -0.2) is 10.6 Å². The number of hydrogen-bond acceptors (Lipinski definition) is 2. The van der Waals surface area contributed by atoms with Gasteiger partial charge in [-0.25, -0.2) is 4.39 Å². The maximum Gasteiger partial charge on any atom is 0.150 e. The normalized spacial score (nSPS) is 16.4. The Bertz CT molecular complexity index is 311. The second-order valence-electron chi connectivity index (χ2n) is 4.27. The van der Waals surface area contributed by atoms with Gasteiger partial charge in [0, 0.05) is 5.54 Å². The van der Waals surface area contributed by atoms with Crippen molar-refractivity contribution in [2.45, 2.75) is 32.0 Å². The number of halogens is 1.